The van der Waals surface area contributed by atoms with Crippen LogP contribution < -0.4 is 5.56 Å². The first-order valence-corrected chi connectivity index (χ1v) is 12.3. The fraction of sp³-hybridized carbons (Fsp3) is 0.792. The number of hydrogen-bond donors (Lipinski definition) is 0. The van der Waals surface area contributed by atoms with Crippen molar-refractivity contribution in [3.05, 3.63) is 27.9 Å². The summed E-state index contributed by atoms with van der Waals surface area (Å²) in [4.78, 5) is 35.2. The molecule has 1 saturated carbocycles. The Labute approximate surface area is 179 Å². The molecule has 0 spiro atoms. The van der Waals surface area contributed by atoms with Crippen LogP contribution in [0, 0.1) is 5.92 Å². The highest BCUT2D eigenvalue weighted by molar-refractivity contribution is 5.78. The molecule has 4 heterocycles. The topological polar surface area (TPSA) is 58.4 Å². The molecule has 6 heteroatoms. The lowest BCUT2D eigenvalue weighted by Gasteiger charge is -2.44. The molecule has 1 aliphatic carbocycles. The first kappa shape index (κ1) is 20.2. The van der Waals surface area contributed by atoms with Crippen LogP contribution in [-0.2, 0) is 17.8 Å². The third-order valence-electron chi connectivity index (χ3n) is 8.00. The largest absolute Gasteiger partial charge is 0.338 e. The zero-order chi connectivity index (χ0) is 20.5. The maximum atomic E-state index is 13.2. The highest BCUT2D eigenvalue weighted by atomic mass is 16.2. The summed E-state index contributed by atoms with van der Waals surface area (Å²) in [6.07, 6.45) is 12.9. The third-order valence-corrected chi connectivity index (χ3v) is 8.00. The minimum Gasteiger partial charge on any atom is -0.338 e. The Kier molecular flexibility index (Phi) is 5.94. The highest BCUT2D eigenvalue weighted by Crippen LogP contribution is 2.35. The summed E-state index contributed by atoms with van der Waals surface area (Å²) < 4.78 is 1.88. The van der Waals surface area contributed by atoms with Crippen molar-refractivity contribution in [3.63, 3.8) is 0 Å². The van der Waals surface area contributed by atoms with Crippen LogP contribution in [0.5, 0.6) is 0 Å². The van der Waals surface area contributed by atoms with Gasteiger partial charge in [0, 0.05) is 44.1 Å². The number of carbonyl (C=O) groups is 1. The van der Waals surface area contributed by atoms with E-state index < -0.39 is 0 Å². The molecule has 0 N–H and O–H groups in total. The van der Waals surface area contributed by atoms with E-state index >= 15 is 0 Å². The van der Waals surface area contributed by atoms with Crippen LogP contribution in [0.3, 0.4) is 0 Å². The van der Waals surface area contributed by atoms with E-state index in [0.29, 0.717) is 18.5 Å². The maximum Gasteiger partial charge on any atom is 0.253 e. The second-order valence-corrected chi connectivity index (χ2v) is 9.96. The molecule has 0 radical (unpaired) electrons. The van der Waals surface area contributed by atoms with Crippen molar-refractivity contribution < 1.29 is 4.79 Å². The summed E-state index contributed by atoms with van der Waals surface area (Å²) in [7, 11) is 0. The SMILES string of the molecule is O=C(CN1CC[C@H](c2cc(=O)n3c(n2)CCCCC3)C1)N1CCC[C@@H]2CCCC[C@H]21. The van der Waals surface area contributed by atoms with Gasteiger partial charge in [0.25, 0.3) is 5.56 Å². The number of carbonyl (C=O) groups excluding carboxylic acids is 1. The summed E-state index contributed by atoms with van der Waals surface area (Å²) in [5.74, 6) is 2.31. The zero-order valence-corrected chi connectivity index (χ0v) is 18.2. The molecule has 30 heavy (non-hydrogen) atoms. The smallest absolute Gasteiger partial charge is 0.253 e. The fourth-order valence-electron chi connectivity index (χ4n) is 6.38. The summed E-state index contributed by atoms with van der Waals surface area (Å²) in [6, 6.07) is 2.26. The summed E-state index contributed by atoms with van der Waals surface area (Å²) in [6.45, 7) is 4.07. The van der Waals surface area contributed by atoms with Crippen LogP contribution in [-0.4, -0.2) is 57.5 Å². The van der Waals surface area contributed by atoms with Crippen molar-refractivity contribution in [2.45, 2.75) is 89.1 Å². The summed E-state index contributed by atoms with van der Waals surface area (Å²) in [5.41, 5.74) is 1.07. The number of aromatic nitrogens is 2. The van der Waals surface area contributed by atoms with Crippen LogP contribution in [0.2, 0.25) is 0 Å². The average molecular weight is 413 g/mol. The Morgan fingerprint density at radius 2 is 1.83 bits per heavy atom. The maximum absolute atomic E-state index is 13.2. The second-order valence-electron chi connectivity index (χ2n) is 9.96. The lowest BCUT2D eigenvalue weighted by atomic mass is 9.78. The molecule has 3 fully saturated rings. The van der Waals surface area contributed by atoms with Crippen LogP contribution in [0.15, 0.2) is 10.9 Å². The first-order valence-electron chi connectivity index (χ1n) is 12.3. The number of hydrogen-bond acceptors (Lipinski definition) is 4. The van der Waals surface area contributed by atoms with Gasteiger partial charge in [-0.25, -0.2) is 4.98 Å². The van der Waals surface area contributed by atoms with Gasteiger partial charge in [0.1, 0.15) is 5.82 Å². The first-order chi connectivity index (χ1) is 14.7. The Bertz CT molecular complexity index is 833. The molecule has 0 aromatic carbocycles. The molecule has 1 amide bonds. The zero-order valence-electron chi connectivity index (χ0n) is 18.2. The highest BCUT2D eigenvalue weighted by Gasteiger charge is 2.37. The van der Waals surface area contributed by atoms with E-state index in [4.69, 9.17) is 4.98 Å². The van der Waals surface area contributed by atoms with Crippen molar-refractivity contribution in [3.8, 4) is 0 Å². The number of fused-ring (bicyclic) bond motifs is 2. The number of likely N-dealkylation sites (tertiary alicyclic amines) is 2. The number of nitrogens with zero attached hydrogens (tertiary/aromatic N) is 4. The number of piperidine rings is 1. The van der Waals surface area contributed by atoms with Gasteiger partial charge < -0.3 is 4.90 Å². The molecule has 1 aromatic heterocycles. The van der Waals surface area contributed by atoms with E-state index in [1.54, 1.807) is 6.07 Å². The Hall–Kier alpha value is -1.69. The molecule has 3 aliphatic heterocycles. The van der Waals surface area contributed by atoms with Gasteiger partial charge in [-0.3, -0.25) is 19.1 Å². The van der Waals surface area contributed by atoms with Crippen LogP contribution in [0.4, 0.5) is 0 Å². The molecule has 0 unspecified atom stereocenters. The molecule has 3 atom stereocenters. The van der Waals surface area contributed by atoms with E-state index in [2.05, 4.69) is 9.80 Å². The number of aryl methyl sites for hydroxylation is 1. The van der Waals surface area contributed by atoms with Gasteiger partial charge in [0.15, 0.2) is 0 Å². The molecule has 0 bridgehead atoms. The van der Waals surface area contributed by atoms with Gasteiger partial charge in [0.05, 0.1) is 12.2 Å². The van der Waals surface area contributed by atoms with E-state index in [9.17, 15) is 9.59 Å². The molecule has 2 saturated heterocycles. The lowest BCUT2D eigenvalue weighted by Crippen LogP contribution is -2.52. The summed E-state index contributed by atoms with van der Waals surface area (Å²) in [5, 5.41) is 0. The van der Waals surface area contributed by atoms with E-state index in [1.807, 2.05) is 4.57 Å². The van der Waals surface area contributed by atoms with Crippen molar-refractivity contribution >= 4 is 5.91 Å². The standard InChI is InChI=1S/C24H36N4O2/c29-23-15-20(25-22-10-2-1-5-12-28(22)23)19-11-14-26(16-19)17-24(30)27-13-6-8-18-7-3-4-9-21(18)27/h15,18-19,21H,1-14,16-17H2/t18-,19-,21+/m0/s1. The summed E-state index contributed by atoms with van der Waals surface area (Å²) >= 11 is 0. The lowest BCUT2D eigenvalue weighted by molar-refractivity contribution is -0.138. The van der Waals surface area contributed by atoms with E-state index in [0.717, 1.165) is 69.3 Å². The van der Waals surface area contributed by atoms with Gasteiger partial charge in [-0.1, -0.05) is 19.3 Å². The quantitative estimate of drug-likeness (QED) is 0.766. The van der Waals surface area contributed by atoms with Crippen molar-refractivity contribution in [2.75, 3.05) is 26.2 Å². The van der Waals surface area contributed by atoms with E-state index in [1.165, 1.54) is 44.9 Å². The normalized spacial score (nSPS) is 29.9. The van der Waals surface area contributed by atoms with E-state index in [-0.39, 0.29) is 11.5 Å². The van der Waals surface area contributed by atoms with Gasteiger partial charge >= 0.3 is 0 Å². The third kappa shape index (κ3) is 4.08. The molecule has 6 nitrogen and oxygen atoms in total. The van der Waals surface area contributed by atoms with Crippen molar-refractivity contribution in [1.82, 2.24) is 19.4 Å². The van der Waals surface area contributed by atoms with Gasteiger partial charge in [-0.05, 0) is 57.4 Å². The molecule has 5 rings (SSSR count). The van der Waals surface area contributed by atoms with Gasteiger partial charge in [-0.15, -0.1) is 0 Å². The Morgan fingerprint density at radius 3 is 2.77 bits per heavy atom. The van der Waals surface area contributed by atoms with Crippen LogP contribution >= 0.6 is 0 Å². The Morgan fingerprint density at radius 1 is 0.967 bits per heavy atom. The van der Waals surface area contributed by atoms with Crippen molar-refractivity contribution in [2.24, 2.45) is 5.92 Å². The number of rotatable bonds is 3. The minimum absolute atomic E-state index is 0.114. The average Bonchev–Trinajstić information content (AvgIpc) is 3.09. The van der Waals surface area contributed by atoms with Crippen molar-refractivity contribution in [1.29, 1.82) is 0 Å². The van der Waals surface area contributed by atoms with Crippen LogP contribution in [0.25, 0.3) is 0 Å². The predicted octanol–water partition coefficient (Wildman–Crippen LogP) is 2.94. The fourth-order valence-corrected chi connectivity index (χ4v) is 6.38. The molecular weight excluding hydrogens is 376 g/mol. The number of amides is 1. The monoisotopic (exact) mass is 412 g/mol. The molecule has 4 aliphatic rings. The second kappa shape index (κ2) is 8.81. The van der Waals surface area contributed by atoms with Gasteiger partial charge in [-0.2, -0.15) is 0 Å². The molecule has 1 aromatic rings. The molecule has 164 valence electrons. The Balaban J connectivity index is 1.23. The van der Waals surface area contributed by atoms with Gasteiger partial charge in [0.2, 0.25) is 5.91 Å². The predicted molar refractivity (Wildman–Crippen MR) is 117 cm³/mol. The van der Waals surface area contributed by atoms with Crippen LogP contribution in [0.1, 0.15) is 81.6 Å². The molecular formula is C24H36N4O2. The minimum atomic E-state index is 0.114.